The third-order valence-corrected chi connectivity index (χ3v) is 2.95. The molecule has 1 fully saturated rings. The molecule has 0 radical (unpaired) electrons. The van der Waals surface area contributed by atoms with E-state index in [2.05, 4.69) is 10.6 Å². The van der Waals surface area contributed by atoms with E-state index in [4.69, 9.17) is 17.0 Å². The Morgan fingerprint density at radius 3 is 3.18 bits per heavy atom. The van der Waals surface area contributed by atoms with Crippen LogP contribution in [0.5, 0.6) is 0 Å². The number of thiocarbonyl (C=S) groups is 1. The summed E-state index contributed by atoms with van der Waals surface area (Å²) in [5.41, 5.74) is 0. The van der Waals surface area contributed by atoms with E-state index in [0.29, 0.717) is 19.5 Å². The Morgan fingerprint density at radius 1 is 1.59 bits per heavy atom. The highest BCUT2D eigenvalue weighted by atomic mass is 32.1. The van der Waals surface area contributed by atoms with Crippen LogP contribution in [-0.4, -0.2) is 55.3 Å². The van der Waals surface area contributed by atoms with E-state index >= 15 is 0 Å². The second-order valence-electron chi connectivity index (χ2n) is 3.87. The zero-order valence-corrected chi connectivity index (χ0v) is 11.1. The lowest BCUT2D eigenvalue weighted by molar-refractivity contribution is -0.120. The lowest BCUT2D eigenvalue weighted by Crippen LogP contribution is -2.42. The smallest absolute Gasteiger partial charge is 0.221 e. The molecule has 6 heteroatoms. The van der Waals surface area contributed by atoms with Gasteiger partial charge in [-0.2, -0.15) is 0 Å². The third kappa shape index (κ3) is 5.83. The van der Waals surface area contributed by atoms with E-state index in [0.717, 1.165) is 37.8 Å². The summed E-state index contributed by atoms with van der Waals surface area (Å²) in [6.07, 6.45) is 1.46. The van der Waals surface area contributed by atoms with Gasteiger partial charge in [0, 0.05) is 45.8 Å². The molecule has 0 aromatic carbocycles. The van der Waals surface area contributed by atoms with Gasteiger partial charge in [-0.1, -0.05) is 0 Å². The molecule has 17 heavy (non-hydrogen) atoms. The van der Waals surface area contributed by atoms with E-state index in [1.165, 1.54) is 0 Å². The van der Waals surface area contributed by atoms with Crippen molar-refractivity contribution < 1.29 is 9.53 Å². The first-order valence-corrected chi connectivity index (χ1v) is 6.52. The minimum absolute atomic E-state index is 0.103. The van der Waals surface area contributed by atoms with Crippen molar-refractivity contribution in [2.45, 2.75) is 19.8 Å². The van der Waals surface area contributed by atoms with Crippen LogP contribution in [0.3, 0.4) is 0 Å². The maximum atomic E-state index is 11.2. The molecule has 0 saturated carbocycles. The molecule has 1 saturated heterocycles. The minimum atomic E-state index is 0.103. The number of nitrogens with one attached hydrogen (secondary N) is 2. The number of ether oxygens (including phenoxy) is 1. The summed E-state index contributed by atoms with van der Waals surface area (Å²) in [6.45, 7) is 6.46. The number of amides is 1. The molecule has 0 spiro atoms. The molecule has 0 aromatic rings. The van der Waals surface area contributed by atoms with Crippen molar-refractivity contribution in [1.29, 1.82) is 0 Å². The Bertz CT molecular complexity index is 261. The Balaban J connectivity index is 2.15. The minimum Gasteiger partial charge on any atom is -0.382 e. The number of carbonyl (C=O) groups is 1. The molecular formula is C11H21N3O2S. The fourth-order valence-electron chi connectivity index (χ4n) is 1.60. The van der Waals surface area contributed by atoms with Crippen molar-refractivity contribution >= 4 is 23.2 Å². The average molecular weight is 259 g/mol. The third-order valence-electron chi connectivity index (χ3n) is 2.55. The topological polar surface area (TPSA) is 53.6 Å². The fraction of sp³-hybridized carbons (Fsp3) is 0.818. The predicted octanol–water partition coefficient (Wildman–Crippen LogP) is 0.109. The summed E-state index contributed by atoms with van der Waals surface area (Å²) in [6, 6.07) is 0. The Kier molecular flexibility index (Phi) is 6.88. The van der Waals surface area contributed by atoms with Crippen molar-refractivity contribution in [2.24, 2.45) is 0 Å². The zero-order valence-electron chi connectivity index (χ0n) is 10.3. The number of carbonyl (C=O) groups excluding carboxylic acids is 1. The van der Waals surface area contributed by atoms with Crippen LogP contribution in [-0.2, 0) is 9.53 Å². The Hall–Kier alpha value is -0.880. The molecule has 1 aliphatic rings. The highest BCUT2D eigenvalue weighted by Crippen LogP contribution is 1.97. The van der Waals surface area contributed by atoms with Crippen LogP contribution < -0.4 is 10.6 Å². The van der Waals surface area contributed by atoms with E-state index in [-0.39, 0.29) is 5.91 Å². The van der Waals surface area contributed by atoms with E-state index in [9.17, 15) is 4.79 Å². The SMILES string of the molecule is CCOCCCNC(=S)N1CCNC(=O)CC1. The van der Waals surface area contributed by atoms with Gasteiger partial charge < -0.3 is 20.3 Å². The maximum absolute atomic E-state index is 11.2. The molecule has 0 bridgehead atoms. The number of hydrogen-bond acceptors (Lipinski definition) is 3. The second-order valence-corrected chi connectivity index (χ2v) is 4.26. The van der Waals surface area contributed by atoms with Crippen LogP contribution in [0.4, 0.5) is 0 Å². The first-order valence-electron chi connectivity index (χ1n) is 6.11. The van der Waals surface area contributed by atoms with Gasteiger partial charge in [-0.15, -0.1) is 0 Å². The fourth-order valence-corrected chi connectivity index (χ4v) is 1.88. The molecule has 0 atom stereocenters. The van der Waals surface area contributed by atoms with Gasteiger partial charge in [0.15, 0.2) is 5.11 Å². The summed E-state index contributed by atoms with van der Waals surface area (Å²) >= 11 is 5.29. The van der Waals surface area contributed by atoms with Crippen LogP contribution in [0.2, 0.25) is 0 Å². The van der Waals surface area contributed by atoms with Gasteiger partial charge >= 0.3 is 0 Å². The highest BCUT2D eigenvalue weighted by Gasteiger charge is 2.14. The van der Waals surface area contributed by atoms with Gasteiger partial charge in [0.1, 0.15) is 0 Å². The summed E-state index contributed by atoms with van der Waals surface area (Å²) < 4.78 is 5.24. The second kappa shape index (κ2) is 8.25. The summed E-state index contributed by atoms with van der Waals surface area (Å²) in [4.78, 5) is 13.2. The number of hydrogen-bond donors (Lipinski definition) is 2. The van der Waals surface area contributed by atoms with Gasteiger partial charge in [-0.05, 0) is 25.6 Å². The molecule has 0 unspecified atom stereocenters. The van der Waals surface area contributed by atoms with Crippen molar-refractivity contribution in [1.82, 2.24) is 15.5 Å². The quantitative estimate of drug-likeness (QED) is 0.542. The van der Waals surface area contributed by atoms with Crippen molar-refractivity contribution in [3.63, 3.8) is 0 Å². The van der Waals surface area contributed by atoms with Crippen LogP contribution in [0.15, 0.2) is 0 Å². The zero-order chi connectivity index (χ0) is 12.5. The lowest BCUT2D eigenvalue weighted by atomic mass is 10.4. The normalized spacial score (nSPS) is 16.3. The molecule has 0 aromatic heterocycles. The van der Waals surface area contributed by atoms with Crippen molar-refractivity contribution in [3.05, 3.63) is 0 Å². The Morgan fingerprint density at radius 2 is 2.41 bits per heavy atom. The lowest BCUT2D eigenvalue weighted by Gasteiger charge is -2.23. The van der Waals surface area contributed by atoms with Gasteiger partial charge in [0.2, 0.25) is 5.91 Å². The van der Waals surface area contributed by atoms with Crippen molar-refractivity contribution in [3.8, 4) is 0 Å². The maximum Gasteiger partial charge on any atom is 0.221 e. The van der Waals surface area contributed by atoms with E-state index in [1.807, 2.05) is 11.8 Å². The average Bonchev–Trinajstić information content (AvgIpc) is 2.53. The molecule has 2 N–H and O–H groups in total. The molecule has 1 aliphatic heterocycles. The molecule has 0 aliphatic carbocycles. The van der Waals surface area contributed by atoms with Crippen LogP contribution in [0.1, 0.15) is 19.8 Å². The van der Waals surface area contributed by atoms with Crippen LogP contribution in [0, 0.1) is 0 Å². The van der Waals surface area contributed by atoms with Gasteiger partial charge in [0.05, 0.1) is 0 Å². The van der Waals surface area contributed by atoms with Gasteiger partial charge in [0.25, 0.3) is 0 Å². The first-order chi connectivity index (χ1) is 8.24. The first kappa shape index (κ1) is 14.2. The van der Waals surface area contributed by atoms with Crippen LogP contribution in [0.25, 0.3) is 0 Å². The van der Waals surface area contributed by atoms with Gasteiger partial charge in [-0.25, -0.2) is 0 Å². The van der Waals surface area contributed by atoms with E-state index < -0.39 is 0 Å². The molecule has 5 nitrogen and oxygen atoms in total. The van der Waals surface area contributed by atoms with Crippen molar-refractivity contribution in [2.75, 3.05) is 39.4 Å². The van der Waals surface area contributed by atoms with Gasteiger partial charge in [-0.3, -0.25) is 4.79 Å². The standard InChI is InChI=1S/C11H21N3O2S/c1-2-16-9-3-5-13-11(17)14-7-4-10(15)12-6-8-14/h2-9H2,1H3,(H,12,15)(H,13,17). The Labute approximate surface area is 108 Å². The van der Waals surface area contributed by atoms with E-state index in [1.54, 1.807) is 0 Å². The molecular weight excluding hydrogens is 238 g/mol. The molecule has 1 amide bonds. The largest absolute Gasteiger partial charge is 0.382 e. The number of rotatable bonds is 5. The number of nitrogens with zero attached hydrogens (tertiary/aromatic N) is 1. The summed E-state index contributed by atoms with van der Waals surface area (Å²) in [7, 11) is 0. The summed E-state index contributed by atoms with van der Waals surface area (Å²) in [5, 5.41) is 6.75. The molecule has 1 heterocycles. The highest BCUT2D eigenvalue weighted by molar-refractivity contribution is 7.80. The van der Waals surface area contributed by atoms with Crippen LogP contribution >= 0.6 is 12.2 Å². The predicted molar refractivity (Wildman–Crippen MR) is 70.9 cm³/mol. The molecule has 1 rings (SSSR count). The molecule has 98 valence electrons. The summed E-state index contributed by atoms with van der Waals surface area (Å²) in [5.74, 6) is 0.103. The monoisotopic (exact) mass is 259 g/mol.